The number of benzene rings is 2. The zero-order chi connectivity index (χ0) is 17.5. The molecule has 0 aliphatic heterocycles. The van der Waals surface area contributed by atoms with Gasteiger partial charge in [0.2, 0.25) is 5.91 Å². The molecule has 0 saturated carbocycles. The molecule has 0 aliphatic carbocycles. The minimum atomic E-state index is -0.879. The van der Waals surface area contributed by atoms with Crippen LogP contribution in [0, 0.1) is 5.82 Å². The number of hydrogen-bond donors (Lipinski definition) is 2. The molecule has 5 heteroatoms. The first-order chi connectivity index (χ1) is 11.5. The topological polar surface area (TPSA) is 58.6 Å². The number of carbonyl (C=O) groups excluding carboxylic acids is 1. The third-order valence-corrected chi connectivity index (χ3v) is 3.87. The van der Waals surface area contributed by atoms with Gasteiger partial charge < -0.3 is 15.2 Å². The van der Waals surface area contributed by atoms with Gasteiger partial charge >= 0.3 is 0 Å². The Morgan fingerprint density at radius 3 is 2.38 bits per heavy atom. The van der Waals surface area contributed by atoms with Crippen LogP contribution in [0.25, 0.3) is 0 Å². The van der Waals surface area contributed by atoms with Gasteiger partial charge in [-0.15, -0.1) is 0 Å². The maximum absolute atomic E-state index is 12.9. The number of rotatable bonds is 7. The molecule has 24 heavy (non-hydrogen) atoms. The molecule has 0 spiro atoms. The van der Waals surface area contributed by atoms with Crippen molar-refractivity contribution >= 4 is 5.91 Å². The Balaban J connectivity index is 1.83. The van der Waals surface area contributed by atoms with E-state index >= 15 is 0 Å². The van der Waals surface area contributed by atoms with E-state index in [0.29, 0.717) is 18.4 Å². The van der Waals surface area contributed by atoms with Crippen molar-refractivity contribution < 1.29 is 19.0 Å². The van der Waals surface area contributed by atoms with E-state index < -0.39 is 12.1 Å². The largest absolute Gasteiger partial charge is 0.497 e. The number of aliphatic hydroxyl groups excluding tert-OH is 1. The molecule has 2 atom stereocenters. The minimum absolute atomic E-state index is 0.139. The molecule has 0 saturated heterocycles. The number of halogens is 1. The fourth-order valence-corrected chi connectivity index (χ4v) is 2.40. The number of aryl methyl sites for hydroxylation is 1. The van der Waals surface area contributed by atoms with Crippen LogP contribution in [0.3, 0.4) is 0 Å². The summed E-state index contributed by atoms with van der Waals surface area (Å²) in [6.45, 7) is 1.72. The predicted molar refractivity (Wildman–Crippen MR) is 90.3 cm³/mol. The second kappa shape index (κ2) is 8.45. The molecule has 2 N–H and O–H groups in total. The fraction of sp³-hybridized carbons (Fsp3) is 0.316. The van der Waals surface area contributed by atoms with Gasteiger partial charge in [-0.2, -0.15) is 0 Å². The average molecular weight is 331 g/mol. The first-order valence-electron chi connectivity index (χ1n) is 7.85. The first kappa shape index (κ1) is 17.9. The monoisotopic (exact) mass is 331 g/mol. The molecule has 0 heterocycles. The first-order valence-corrected chi connectivity index (χ1v) is 7.85. The maximum atomic E-state index is 12.9. The lowest BCUT2D eigenvalue weighted by Gasteiger charge is -2.20. The highest BCUT2D eigenvalue weighted by atomic mass is 19.1. The van der Waals surface area contributed by atoms with E-state index in [2.05, 4.69) is 5.32 Å². The highest BCUT2D eigenvalue weighted by Gasteiger charge is 2.18. The third-order valence-electron chi connectivity index (χ3n) is 3.87. The number of hydrogen-bond acceptors (Lipinski definition) is 3. The number of methoxy groups -OCH3 is 1. The van der Waals surface area contributed by atoms with E-state index in [9.17, 15) is 14.3 Å². The smallest absolute Gasteiger partial charge is 0.220 e. The Bertz CT molecular complexity index is 655. The van der Waals surface area contributed by atoms with E-state index in [4.69, 9.17) is 4.74 Å². The second-order valence-electron chi connectivity index (χ2n) is 5.70. The lowest BCUT2D eigenvalue weighted by molar-refractivity contribution is -0.122. The molecule has 0 bridgehead atoms. The number of aliphatic hydroxyl groups is 1. The molecular weight excluding hydrogens is 309 g/mol. The zero-order valence-corrected chi connectivity index (χ0v) is 13.8. The summed E-state index contributed by atoms with van der Waals surface area (Å²) in [4.78, 5) is 12.0. The highest BCUT2D eigenvalue weighted by molar-refractivity contribution is 5.76. The van der Waals surface area contributed by atoms with Crippen LogP contribution in [0.4, 0.5) is 4.39 Å². The molecule has 0 aromatic heterocycles. The molecule has 4 nitrogen and oxygen atoms in total. The minimum Gasteiger partial charge on any atom is -0.497 e. The van der Waals surface area contributed by atoms with Crippen LogP contribution in [-0.2, 0) is 11.2 Å². The van der Waals surface area contributed by atoms with Crippen LogP contribution in [0.15, 0.2) is 48.5 Å². The highest BCUT2D eigenvalue weighted by Crippen LogP contribution is 2.17. The number of ether oxygens (including phenoxy) is 1. The van der Waals surface area contributed by atoms with Crippen molar-refractivity contribution in [1.82, 2.24) is 5.32 Å². The number of nitrogens with one attached hydrogen (secondary N) is 1. The summed E-state index contributed by atoms with van der Waals surface area (Å²) in [5.74, 6) is 0.279. The summed E-state index contributed by atoms with van der Waals surface area (Å²) in [6, 6.07) is 12.7. The van der Waals surface area contributed by atoms with E-state index in [1.807, 2.05) is 24.3 Å². The summed E-state index contributed by atoms with van der Waals surface area (Å²) >= 11 is 0. The van der Waals surface area contributed by atoms with Crippen molar-refractivity contribution in [3.8, 4) is 5.75 Å². The lowest BCUT2D eigenvalue weighted by Crippen LogP contribution is -2.37. The van der Waals surface area contributed by atoms with Crippen molar-refractivity contribution in [3.63, 3.8) is 0 Å². The van der Waals surface area contributed by atoms with E-state index in [-0.39, 0.29) is 11.7 Å². The Morgan fingerprint density at radius 1 is 1.17 bits per heavy atom. The standard InChI is InChI=1S/C19H22FNO3/c1-13(19(23)15-6-8-16(20)9-7-15)21-18(22)12-5-14-3-10-17(24-2)11-4-14/h3-4,6-11,13,19,23H,5,12H2,1-2H3,(H,21,22). The number of amides is 1. The van der Waals surface area contributed by atoms with Crippen molar-refractivity contribution in [2.45, 2.75) is 31.9 Å². The normalized spacial score (nSPS) is 13.2. The lowest BCUT2D eigenvalue weighted by atomic mass is 10.0. The molecule has 2 rings (SSSR count). The van der Waals surface area contributed by atoms with Crippen LogP contribution >= 0.6 is 0 Å². The van der Waals surface area contributed by atoms with Gasteiger partial charge in [0.25, 0.3) is 0 Å². The fourth-order valence-electron chi connectivity index (χ4n) is 2.40. The maximum Gasteiger partial charge on any atom is 0.220 e. The van der Waals surface area contributed by atoms with Crippen LogP contribution < -0.4 is 10.1 Å². The summed E-state index contributed by atoms with van der Waals surface area (Å²) in [7, 11) is 1.61. The van der Waals surface area contributed by atoms with Crippen molar-refractivity contribution in [2.24, 2.45) is 0 Å². The van der Waals surface area contributed by atoms with E-state index in [0.717, 1.165) is 11.3 Å². The van der Waals surface area contributed by atoms with Crippen molar-refractivity contribution in [3.05, 3.63) is 65.5 Å². The van der Waals surface area contributed by atoms with Crippen LogP contribution in [0.2, 0.25) is 0 Å². The van der Waals surface area contributed by atoms with Gasteiger partial charge in [0.05, 0.1) is 19.3 Å². The molecule has 1 amide bonds. The van der Waals surface area contributed by atoms with Gasteiger partial charge in [-0.3, -0.25) is 4.79 Å². The van der Waals surface area contributed by atoms with Gasteiger partial charge in [0.1, 0.15) is 11.6 Å². The predicted octanol–water partition coefficient (Wildman–Crippen LogP) is 3.01. The van der Waals surface area contributed by atoms with Crippen LogP contribution in [0.5, 0.6) is 5.75 Å². The van der Waals surface area contributed by atoms with Gasteiger partial charge in [-0.05, 0) is 48.7 Å². The second-order valence-corrected chi connectivity index (χ2v) is 5.70. The van der Waals surface area contributed by atoms with Gasteiger partial charge in [-0.1, -0.05) is 24.3 Å². The SMILES string of the molecule is COc1ccc(CCC(=O)NC(C)C(O)c2ccc(F)cc2)cc1. The molecule has 2 unspecified atom stereocenters. The molecule has 0 fully saturated rings. The van der Waals surface area contributed by atoms with E-state index in [1.165, 1.54) is 24.3 Å². The summed E-state index contributed by atoms with van der Waals surface area (Å²) in [5, 5.41) is 13.0. The van der Waals surface area contributed by atoms with E-state index in [1.54, 1.807) is 14.0 Å². The molecule has 0 aliphatic rings. The Morgan fingerprint density at radius 2 is 1.79 bits per heavy atom. The summed E-state index contributed by atoms with van der Waals surface area (Å²) in [5.41, 5.74) is 1.61. The van der Waals surface area contributed by atoms with Crippen LogP contribution in [-0.4, -0.2) is 24.2 Å². The molecule has 2 aromatic rings. The zero-order valence-electron chi connectivity index (χ0n) is 13.8. The Labute approximate surface area is 141 Å². The summed E-state index contributed by atoms with van der Waals surface area (Å²) < 4.78 is 18.0. The van der Waals surface area contributed by atoms with Crippen LogP contribution in [0.1, 0.15) is 30.6 Å². The molecule has 2 aromatic carbocycles. The van der Waals surface area contributed by atoms with Crippen molar-refractivity contribution in [2.75, 3.05) is 7.11 Å². The molecule has 128 valence electrons. The molecule has 0 radical (unpaired) electrons. The Hall–Kier alpha value is -2.40. The van der Waals surface area contributed by atoms with Gasteiger partial charge in [0.15, 0.2) is 0 Å². The third kappa shape index (κ3) is 5.06. The summed E-state index contributed by atoms with van der Waals surface area (Å²) in [6.07, 6.45) is 0.0534. The van der Waals surface area contributed by atoms with Gasteiger partial charge in [0, 0.05) is 6.42 Å². The average Bonchev–Trinajstić information content (AvgIpc) is 2.60. The quantitative estimate of drug-likeness (QED) is 0.820. The number of carbonyl (C=O) groups is 1. The molecular formula is C19H22FNO3. The van der Waals surface area contributed by atoms with Crippen molar-refractivity contribution in [1.29, 1.82) is 0 Å². The van der Waals surface area contributed by atoms with Gasteiger partial charge in [-0.25, -0.2) is 4.39 Å². The Kier molecular flexibility index (Phi) is 6.32.